The highest BCUT2D eigenvalue weighted by atomic mass is 127. The van der Waals surface area contributed by atoms with Gasteiger partial charge in [-0.3, -0.25) is 0 Å². The average molecular weight is 1200 g/mol. The van der Waals surface area contributed by atoms with E-state index in [1.807, 2.05) is 0 Å². The number of benzene rings is 5. The van der Waals surface area contributed by atoms with Crippen LogP contribution in [0.3, 0.4) is 0 Å². The van der Waals surface area contributed by atoms with E-state index in [1.165, 1.54) is 21.8 Å². The van der Waals surface area contributed by atoms with Gasteiger partial charge in [-0.15, -0.1) is 0 Å². The fourth-order valence-electron chi connectivity index (χ4n) is 3.74. The predicted octanol–water partition coefficient (Wildman–Crippen LogP) is 12.0. The molecule has 0 fully saturated rings. The molecule has 0 aliphatic rings. The molecule has 5 aromatic rings. The largest absolute Gasteiger partial charge is 0.455 e. The van der Waals surface area contributed by atoms with Crippen LogP contribution < -0.4 is 9.47 Å². The smallest absolute Gasteiger partial charge is 0.166 e. The van der Waals surface area contributed by atoms with Crippen LogP contribution in [-0.4, -0.2) is 0 Å². The highest BCUT2D eigenvalue weighted by Crippen LogP contribution is 2.38. The Morgan fingerprint density at radius 3 is 1.10 bits per heavy atom. The SMILES string of the molecule is Ic1cc(I)c(Oc2ccc([S+](c3ccccc3)c3ccc(Oc4c(I)cc(I)cc4I)cc3)cc2)c(I)c1. The van der Waals surface area contributed by atoms with E-state index >= 15 is 0 Å². The summed E-state index contributed by atoms with van der Waals surface area (Å²) in [7, 11) is -0.267. The first-order chi connectivity index (χ1) is 18.8. The Labute approximate surface area is 313 Å². The zero-order chi connectivity index (χ0) is 27.5. The molecule has 0 saturated carbocycles. The summed E-state index contributed by atoms with van der Waals surface area (Å²) in [6, 6.07) is 36.2. The molecule has 0 radical (unpaired) electrons. The molecule has 0 amide bonds. The molecule has 0 aliphatic carbocycles. The van der Waals surface area contributed by atoms with E-state index in [4.69, 9.17) is 9.47 Å². The van der Waals surface area contributed by atoms with Gasteiger partial charge in [-0.05, 0) is 220 Å². The third-order valence-corrected chi connectivity index (χ3v) is 12.1. The molecule has 39 heavy (non-hydrogen) atoms. The van der Waals surface area contributed by atoms with Crippen molar-refractivity contribution in [3.8, 4) is 23.0 Å². The molecule has 0 atom stereocenters. The summed E-state index contributed by atoms with van der Waals surface area (Å²) in [5.74, 6) is 3.47. The Balaban J connectivity index is 1.43. The molecule has 0 unspecified atom stereocenters. The number of halogens is 6. The Morgan fingerprint density at radius 2 is 0.744 bits per heavy atom. The second-order valence-electron chi connectivity index (χ2n) is 8.16. The molecule has 0 spiro atoms. The van der Waals surface area contributed by atoms with Crippen LogP contribution in [0.1, 0.15) is 0 Å². The molecule has 0 saturated heterocycles. The molecule has 0 bridgehead atoms. The molecule has 5 aromatic carbocycles. The van der Waals surface area contributed by atoms with Crippen molar-refractivity contribution >= 4 is 146 Å². The summed E-state index contributed by atoms with van der Waals surface area (Å²) in [5, 5.41) is 0. The van der Waals surface area contributed by atoms with Gasteiger partial charge in [-0.25, -0.2) is 0 Å². The summed E-state index contributed by atoms with van der Waals surface area (Å²) >= 11 is 14.0. The zero-order valence-electron chi connectivity index (χ0n) is 19.8. The van der Waals surface area contributed by atoms with E-state index in [-0.39, 0.29) is 10.9 Å². The molecule has 196 valence electrons. The van der Waals surface area contributed by atoms with Gasteiger partial charge in [0.1, 0.15) is 11.5 Å². The van der Waals surface area contributed by atoms with Gasteiger partial charge in [0.05, 0.1) is 25.2 Å². The van der Waals surface area contributed by atoms with Crippen LogP contribution in [-0.2, 0) is 10.9 Å². The fourth-order valence-corrected chi connectivity index (χ4v) is 13.4. The molecule has 2 nitrogen and oxygen atoms in total. The van der Waals surface area contributed by atoms with E-state index in [2.05, 4.69) is 239 Å². The standard InChI is InChI=1S/C30H17I6O2S/c31-18-14-25(33)29(26(34)15-18)37-20-6-10-23(11-7-20)39(22-4-2-1-3-5-22)24-12-8-21(9-13-24)38-30-27(35)16-19(32)17-28(30)36/h1-17H/q+1. The van der Waals surface area contributed by atoms with Gasteiger partial charge in [0.15, 0.2) is 26.2 Å². The van der Waals surface area contributed by atoms with Crippen LogP contribution in [0.4, 0.5) is 0 Å². The summed E-state index contributed by atoms with van der Waals surface area (Å²) in [6.45, 7) is 0. The zero-order valence-corrected chi connectivity index (χ0v) is 33.6. The molecule has 5 rings (SSSR count). The number of hydrogen-bond donors (Lipinski definition) is 0. The van der Waals surface area contributed by atoms with E-state index in [0.29, 0.717) is 0 Å². The number of rotatable bonds is 7. The molecule has 0 aromatic heterocycles. The third kappa shape index (κ3) is 7.88. The number of ether oxygens (including phenoxy) is 2. The second-order valence-corrected chi connectivity index (χ2v) is 17.3. The van der Waals surface area contributed by atoms with Gasteiger partial charge in [-0.1, -0.05) is 18.2 Å². The van der Waals surface area contributed by atoms with Crippen molar-refractivity contribution in [1.29, 1.82) is 0 Å². The summed E-state index contributed by atoms with van der Waals surface area (Å²) < 4.78 is 19.4. The first-order valence-corrected chi connectivity index (χ1v) is 19.1. The summed E-state index contributed by atoms with van der Waals surface area (Å²) in [4.78, 5) is 3.73. The molecular weight excluding hydrogens is 1190 g/mol. The highest BCUT2D eigenvalue weighted by Gasteiger charge is 2.29. The lowest BCUT2D eigenvalue weighted by Crippen LogP contribution is -2.05. The van der Waals surface area contributed by atoms with Gasteiger partial charge in [0.25, 0.3) is 0 Å². The monoisotopic (exact) mass is 1200 g/mol. The van der Waals surface area contributed by atoms with Crippen molar-refractivity contribution in [1.82, 2.24) is 0 Å². The Hall–Kier alpha value is 0.430. The van der Waals surface area contributed by atoms with Crippen molar-refractivity contribution in [3.05, 3.63) is 125 Å². The highest BCUT2D eigenvalue weighted by molar-refractivity contribution is 14.1. The van der Waals surface area contributed by atoms with Crippen molar-refractivity contribution in [2.45, 2.75) is 14.7 Å². The van der Waals surface area contributed by atoms with Gasteiger partial charge >= 0.3 is 0 Å². The maximum Gasteiger partial charge on any atom is 0.166 e. The lowest BCUT2D eigenvalue weighted by atomic mass is 10.3. The number of hydrogen-bond acceptors (Lipinski definition) is 2. The van der Waals surface area contributed by atoms with Crippen LogP contribution in [0.25, 0.3) is 0 Å². The van der Waals surface area contributed by atoms with Gasteiger partial charge in [0.2, 0.25) is 0 Å². The normalized spacial score (nSPS) is 11.1. The molecule has 0 aliphatic heterocycles. The van der Waals surface area contributed by atoms with Gasteiger partial charge in [0, 0.05) is 7.14 Å². The topological polar surface area (TPSA) is 18.5 Å². The van der Waals surface area contributed by atoms with Crippen LogP contribution in [0, 0.1) is 21.4 Å². The molecule has 9 heteroatoms. The maximum atomic E-state index is 6.31. The van der Waals surface area contributed by atoms with E-state index in [0.717, 1.165) is 37.3 Å². The predicted molar refractivity (Wildman–Crippen MR) is 211 cm³/mol. The minimum atomic E-state index is -0.267. The van der Waals surface area contributed by atoms with Crippen LogP contribution in [0.2, 0.25) is 0 Å². The van der Waals surface area contributed by atoms with Crippen molar-refractivity contribution in [3.63, 3.8) is 0 Å². The van der Waals surface area contributed by atoms with E-state index < -0.39 is 0 Å². The van der Waals surface area contributed by atoms with Crippen LogP contribution in [0.15, 0.2) is 118 Å². The van der Waals surface area contributed by atoms with Crippen molar-refractivity contribution in [2.24, 2.45) is 0 Å². The summed E-state index contributed by atoms with van der Waals surface area (Å²) in [5.41, 5.74) is 0. The molecule has 0 heterocycles. The fraction of sp³-hybridized carbons (Fsp3) is 0. The Kier molecular flexibility index (Phi) is 11.3. The van der Waals surface area contributed by atoms with Crippen LogP contribution in [0.5, 0.6) is 23.0 Å². The lowest BCUT2D eigenvalue weighted by molar-refractivity contribution is 0.475. The maximum absolute atomic E-state index is 6.31. The first-order valence-electron chi connectivity index (χ1n) is 11.4. The Morgan fingerprint density at radius 1 is 0.410 bits per heavy atom. The van der Waals surface area contributed by atoms with Crippen molar-refractivity contribution in [2.75, 3.05) is 0 Å². The van der Waals surface area contributed by atoms with Gasteiger partial charge in [-0.2, -0.15) is 0 Å². The molecule has 0 N–H and O–H groups in total. The first kappa shape index (κ1) is 30.9. The minimum absolute atomic E-state index is 0.267. The van der Waals surface area contributed by atoms with E-state index in [1.54, 1.807) is 0 Å². The minimum Gasteiger partial charge on any atom is -0.455 e. The Bertz CT molecular complexity index is 1460. The lowest BCUT2D eigenvalue weighted by Gasteiger charge is -2.13. The molecular formula is C30H17I6O2S+. The second kappa shape index (κ2) is 14.3. The summed E-state index contributed by atoms with van der Waals surface area (Å²) in [6.07, 6.45) is 0. The third-order valence-electron chi connectivity index (χ3n) is 5.46. The van der Waals surface area contributed by atoms with E-state index in [9.17, 15) is 0 Å². The quantitative estimate of drug-likeness (QED) is 0.119. The van der Waals surface area contributed by atoms with Crippen molar-refractivity contribution < 1.29 is 9.47 Å². The van der Waals surface area contributed by atoms with Gasteiger partial charge < -0.3 is 9.47 Å². The van der Waals surface area contributed by atoms with Crippen LogP contribution >= 0.6 is 136 Å². The average Bonchev–Trinajstić information content (AvgIpc) is 2.91.